The third-order valence-corrected chi connectivity index (χ3v) is 2.42. The van der Waals surface area contributed by atoms with E-state index < -0.39 is 5.82 Å². The molecule has 0 saturated heterocycles. The summed E-state index contributed by atoms with van der Waals surface area (Å²) >= 11 is 0. The van der Waals surface area contributed by atoms with Gasteiger partial charge in [0.1, 0.15) is 5.82 Å². The first kappa shape index (κ1) is 10.5. The standard InChI is InChI=1S/C13H10FNO/c1-9-4-3-7-15-13(9)12-10(8-16)5-2-6-11(12)14/h2-8H,1H3. The minimum absolute atomic E-state index is 0.274. The second-order valence-corrected chi connectivity index (χ2v) is 3.49. The third kappa shape index (κ3) is 1.72. The monoisotopic (exact) mass is 215 g/mol. The Morgan fingerprint density at radius 1 is 1.25 bits per heavy atom. The van der Waals surface area contributed by atoms with E-state index in [1.54, 1.807) is 18.3 Å². The molecule has 0 amide bonds. The normalized spacial score (nSPS) is 10.1. The molecule has 0 fully saturated rings. The summed E-state index contributed by atoms with van der Waals surface area (Å²) in [5.74, 6) is -0.425. The fourth-order valence-electron chi connectivity index (χ4n) is 1.64. The van der Waals surface area contributed by atoms with E-state index >= 15 is 0 Å². The van der Waals surface area contributed by atoms with Crippen molar-refractivity contribution >= 4 is 6.29 Å². The maximum absolute atomic E-state index is 13.7. The lowest BCUT2D eigenvalue weighted by atomic mass is 10.0. The number of hydrogen-bond donors (Lipinski definition) is 0. The van der Waals surface area contributed by atoms with Gasteiger partial charge in [0.2, 0.25) is 0 Å². The van der Waals surface area contributed by atoms with E-state index in [1.165, 1.54) is 12.1 Å². The molecule has 0 unspecified atom stereocenters. The number of aromatic nitrogens is 1. The predicted molar refractivity (Wildman–Crippen MR) is 59.8 cm³/mol. The Bertz CT molecular complexity index is 537. The Hall–Kier alpha value is -2.03. The molecule has 3 heteroatoms. The molecule has 80 valence electrons. The molecule has 0 N–H and O–H groups in total. The largest absolute Gasteiger partial charge is 0.298 e. The van der Waals surface area contributed by atoms with Crippen LogP contribution in [-0.4, -0.2) is 11.3 Å². The summed E-state index contributed by atoms with van der Waals surface area (Å²) in [6.45, 7) is 1.84. The number of pyridine rings is 1. The van der Waals surface area contributed by atoms with Crippen LogP contribution in [0.15, 0.2) is 36.5 Å². The molecule has 0 bridgehead atoms. The zero-order valence-corrected chi connectivity index (χ0v) is 8.77. The van der Waals surface area contributed by atoms with Crippen LogP contribution in [0, 0.1) is 12.7 Å². The van der Waals surface area contributed by atoms with E-state index in [-0.39, 0.29) is 5.56 Å². The van der Waals surface area contributed by atoms with Crippen LogP contribution in [0.3, 0.4) is 0 Å². The van der Waals surface area contributed by atoms with Gasteiger partial charge in [-0.1, -0.05) is 18.2 Å². The summed E-state index contributed by atoms with van der Waals surface area (Å²) in [7, 11) is 0. The molecule has 16 heavy (non-hydrogen) atoms. The summed E-state index contributed by atoms with van der Waals surface area (Å²) in [6, 6.07) is 8.04. The van der Waals surface area contributed by atoms with Crippen molar-refractivity contribution < 1.29 is 9.18 Å². The average Bonchev–Trinajstić information content (AvgIpc) is 2.30. The molecule has 2 rings (SSSR count). The highest BCUT2D eigenvalue weighted by Gasteiger charge is 2.13. The van der Waals surface area contributed by atoms with E-state index in [1.807, 2.05) is 13.0 Å². The topological polar surface area (TPSA) is 30.0 Å². The molecular weight excluding hydrogens is 205 g/mol. The molecule has 2 aromatic rings. The van der Waals surface area contributed by atoms with Crippen molar-refractivity contribution in [2.45, 2.75) is 6.92 Å². The molecule has 0 radical (unpaired) electrons. The van der Waals surface area contributed by atoms with Gasteiger partial charge in [0.15, 0.2) is 6.29 Å². The van der Waals surface area contributed by atoms with E-state index in [2.05, 4.69) is 4.98 Å². The number of aryl methyl sites for hydroxylation is 1. The lowest BCUT2D eigenvalue weighted by molar-refractivity contribution is 0.112. The van der Waals surface area contributed by atoms with Gasteiger partial charge < -0.3 is 0 Å². The first-order valence-corrected chi connectivity index (χ1v) is 4.89. The van der Waals surface area contributed by atoms with Crippen molar-refractivity contribution in [2.75, 3.05) is 0 Å². The second kappa shape index (κ2) is 4.23. The summed E-state index contributed by atoms with van der Waals surface area (Å²) in [4.78, 5) is 15.0. The molecule has 0 aliphatic heterocycles. The van der Waals surface area contributed by atoms with Crippen LogP contribution in [0.5, 0.6) is 0 Å². The van der Waals surface area contributed by atoms with Crippen molar-refractivity contribution in [1.82, 2.24) is 4.98 Å². The summed E-state index contributed by atoms with van der Waals surface area (Å²) < 4.78 is 13.7. The lowest BCUT2D eigenvalue weighted by Crippen LogP contribution is -1.96. The summed E-state index contributed by atoms with van der Waals surface area (Å²) in [5, 5.41) is 0. The fourth-order valence-corrected chi connectivity index (χ4v) is 1.64. The van der Waals surface area contributed by atoms with Crippen LogP contribution < -0.4 is 0 Å². The maximum Gasteiger partial charge on any atom is 0.150 e. The molecule has 0 spiro atoms. The quantitative estimate of drug-likeness (QED) is 0.721. The lowest BCUT2D eigenvalue weighted by Gasteiger charge is -2.07. The van der Waals surface area contributed by atoms with Gasteiger partial charge in [-0.15, -0.1) is 0 Å². The molecule has 0 atom stereocenters. The van der Waals surface area contributed by atoms with E-state index in [0.717, 1.165) is 5.56 Å². The van der Waals surface area contributed by atoms with E-state index in [9.17, 15) is 9.18 Å². The first-order valence-electron chi connectivity index (χ1n) is 4.89. The molecule has 1 aromatic carbocycles. The number of hydrogen-bond acceptors (Lipinski definition) is 2. The molecule has 2 nitrogen and oxygen atoms in total. The first-order chi connectivity index (χ1) is 7.74. The van der Waals surface area contributed by atoms with Gasteiger partial charge in [0.05, 0.1) is 5.69 Å². The van der Waals surface area contributed by atoms with Crippen molar-refractivity contribution in [3.05, 3.63) is 53.5 Å². The van der Waals surface area contributed by atoms with Crippen LogP contribution in [0.4, 0.5) is 4.39 Å². The van der Waals surface area contributed by atoms with E-state index in [4.69, 9.17) is 0 Å². The molecule has 0 aliphatic carbocycles. The third-order valence-electron chi connectivity index (χ3n) is 2.42. The van der Waals surface area contributed by atoms with Gasteiger partial charge in [0, 0.05) is 17.3 Å². The summed E-state index contributed by atoms with van der Waals surface area (Å²) in [5.41, 5.74) is 1.95. The number of carbonyl (C=O) groups is 1. The number of nitrogens with zero attached hydrogens (tertiary/aromatic N) is 1. The SMILES string of the molecule is Cc1cccnc1-c1c(F)cccc1C=O. The van der Waals surface area contributed by atoms with Crippen molar-refractivity contribution in [1.29, 1.82) is 0 Å². The Labute approximate surface area is 92.8 Å². The molecule has 0 aliphatic rings. The van der Waals surface area contributed by atoms with Gasteiger partial charge in [-0.05, 0) is 24.6 Å². The Kier molecular flexibility index (Phi) is 2.77. The zero-order valence-electron chi connectivity index (χ0n) is 8.77. The Morgan fingerprint density at radius 2 is 2.06 bits per heavy atom. The van der Waals surface area contributed by atoms with Gasteiger partial charge >= 0.3 is 0 Å². The van der Waals surface area contributed by atoms with Crippen molar-refractivity contribution in [3.8, 4) is 11.3 Å². The summed E-state index contributed by atoms with van der Waals surface area (Å²) in [6.07, 6.45) is 2.23. The van der Waals surface area contributed by atoms with Crippen molar-refractivity contribution in [2.24, 2.45) is 0 Å². The van der Waals surface area contributed by atoms with Crippen LogP contribution in [0.25, 0.3) is 11.3 Å². The van der Waals surface area contributed by atoms with Crippen LogP contribution >= 0.6 is 0 Å². The zero-order chi connectivity index (χ0) is 11.5. The molecule has 1 aromatic heterocycles. The van der Waals surface area contributed by atoms with Crippen LogP contribution in [-0.2, 0) is 0 Å². The fraction of sp³-hybridized carbons (Fsp3) is 0.0769. The number of rotatable bonds is 2. The van der Waals surface area contributed by atoms with Gasteiger partial charge in [-0.3, -0.25) is 9.78 Å². The number of carbonyl (C=O) groups excluding carboxylic acids is 1. The molecular formula is C13H10FNO. The van der Waals surface area contributed by atoms with Crippen LogP contribution in [0.1, 0.15) is 15.9 Å². The predicted octanol–water partition coefficient (Wildman–Crippen LogP) is 3.01. The van der Waals surface area contributed by atoms with Gasteiger partial charge in [0.25, 0.3) is 0 Å². The Morgan fingerprint density at radius 3 is 2.75 bits per heavy atom. The van der Waals surface area contributed by atoms with Crippen LogP contribution in [0.2, 0.25) is 0 Å². The molecule has 1 heterocycles. The highest BCUT2D eigenvalue weighted by Crippen LogP contribution is 2.26. The minimum Gasteiger partial charge on any atom is -0.298 e. The number of aldehydes is 1. The average molecular weight is 215 g/mol. The number of benzene rings is 1. The van der Waals surface area contributed by atoms with Gasteiger partial charge in [-0.25, -0.2) is 4.39 Å². The molecule has 0 saturated carbocycles. The minimum atomic E-state index is -0.425. The smallest absolute Gasteiger partial charge is 0.150 e. The van der Waals surface area contributed by atoms with E-state index in [0.29, 0.717) is 17.5 Å². The highest BCUT2D eigenvalue weighted by molar-refractivity contribution is 5.87. The van der Waals surface area contributed by atoms with Crippen molar-refractivity contribution in [3.63, 3.8) is 0 Å². The number of halogens is 1. The highest BCUT2D eigenvalue weighted by atomic mass is 19.1. The maximum atomic E-state index is 13.7. The van der Waals surface area contributed by atoms with Gasteiger partial charge in [-0.2, -0.15) is 0 Å². The second-order valence-electron chi connectivity index (χ2n) is 3.49. The Balaban J connectivity index is 2.73.